The van der Waals surface area contributed by atoms with E-state index < -0.39 is 0 Å². The molecule has 0 aliphatic heterocycles. The molecule has 18 heavy (non-hydrogen) atoms. The minimum atomic E-state index is -0.195. The molecule has 0 N–H and O–H groups in total. The van der Waals surface area contributed by atoms with Gasteiger partial charge in [-0.3, -0.25) is 0 Å². The standard InChI is InChI=1S/C15H20BrFO/c1-11-4-2-7-14(8-11)18-15(10-16)12-5-3-6-13(17)9-12/h3,5-6,9,11,14-15H,2,4,7-8,10H2,1H3. The van der Waals surface area contributed by atoms with Crippen molar-refractivity contribution >= 4 is 15.9 Å². The summed E-state index contributed by atoms with van der Waals surface area (Å²) in [5, 5.41) is 0.710. The van der Waals surface area contributed by atoms with E-state index in [1.54, 1.807) is 12.1 Å². The van der Waals surface area contributed by atoms with Gasteiger partial charge in [0.1, 0.15) is 5.82 Å². The van der Waals surface area contributed by atoms with Gasteiger partial charge in [-0.05, 0) is 36.5 Å². The summed E-state index contributed by atoms with van der Waals surface area (Å²) in [7, 11) is 0. The Hall–Kier alpha value is -0.410. The minimum Gasteiger partial charge on any atom is -0.369 e. The first-order valence-corrected chi connectivity index (χ1v) is 7.78. The van der Waals surface area contributed by atoms with Crippen molar-refractivity contribution in [3.63, 3.8) is 0 Å². The summed E-state index contributed by atoms with van der Waals surface area (Å²) in [6, 6.07) is 6.71. The third-order valence-electron chi connectivity index (χ3n) is 3.61. The summed E-state index contributed by atoms with van der Waals surface area (Å²) in [4.78, 5) is 0. The molecule has 0 aromatic heterocycles. The number of alkyl halides is 1. The van der Waals surface area contributed by atoms with Gasteiger partial charge in [-0.1, -0.05) is 47.8 Å². The fourth-order valence-electron chi connectivity index (χ4n) is 2.65. The number of hydrogen-bond donors (Lipinski definition) is 0. The molecular weight excluding hydrogens is 295 g/mol. The molecule has 2 rings (SSSR count). The molecule has 1 fully saturated rings. The SMILES string of the molecule is CC1CCCC(OC(CBr)c2cccc(F)c2)C1. The molecule has 0 amide bonds. The average Bonchev–Trinajstić information content (AvgIpc) is 2.36. The van der Waals surface area contributed by atoms with Crippen molar-refractivity contribution in [3.8, 4) is 0 Å². The smallest absolute Gasteiger partial charge is 0.123 e. The van der Waals surface area contributed by atoms with Crippen molar-refractivity contribution < 1.29 is 9.13 Å². The van der Waals surface area contributed by atoms with Gasteiger partial charge >= 0.3 is 0 Å². The van der Waals surface area contributed by atoms with Crippen LogP contribution in [-0.4, -0.2) is 11.4 Å². The van der Waals surface area contributed by atoms with Gasteiger partial charge in [-0.2, -0.15) is 0 Å². The Balaban J connectivity index is 2.00. The van der Waals surface area contributed by atoms with Gasteiger partial charge in [-0.15, -0.1) is 0 Å². The van der Waals surface area contributed by atoms with Crippen molar-refractivity contribution in [1.29, 1.82) is 0 Å². The van der Waals surface area contributed by atoms with Crippen LogP contribution in [0, 0.1) is 11.7 Å². The minimum absolute atomic E-state index is 0.0454. The second-order valence-electron chi connectivity index (χ2n) is 5.23. The number of ether oxygens (including phenoxy) is 1. The van der Waals surface area contributed by atoms with E-state index in [-0.39, 0.29) is 11.9 Å². The molecule has 3 heteroatoms. The zero-order valence-electron chi connectivity index (χ0n) is 10.7. The molecular formula is C15H20BrFO. The second-order valence-corrected chi connectivity index (χ2v) is 5.88. The monoisotopic (exact) mass is 314 g/mol. The van der Waals surface area contributed by atoms with Gasteiger partial charge in [0.2, 0.25) is 0 Å². The molecule has 1 aromatic carbocycles. The highest BCUT2D eigenvalue weighted by atomic mass is 79.9. The Morgan fingerprint density at radius 1 is 1.44 bits per heavy atom. The topological polar surface area (TPSA) is 9.23 Å². The van der Waals surface area contributed by atoms with E-state index in [4.69, 9.17) is 4.74 Å². The van der Waals surface area contributed by atoms with Crippen LogP contribution in [0.15, 0.2) is 24.3 Å². The third kappa shape index (κ3) is 3.79. The van der Waals surface area contributed by atoms with Crippen LogP contribution < -0.4 is 0 Å². The van der Waals surface area contributed by atoms with Crippen LogP contribution >= 0.6 is 15.9 Å². The first kappa shape index (κ1) is 14.0. The van der Waals surface area contributed by atoms with Gasteiger partial charge in [0.15, 0.2) is 0 Å². The molecule has 3 unspecified atom stereocenters. The van der Waals surface area contributed by atoms with Crippen LogP contribution in [0.1, 0.15) is 44.3 Å². The molecule has 1 saturated carbocycles. The molecule has 100 valence electrons. The van der Waals surface area contributed by atoms with Crippen LogP contribution in [0.25, 0.3) is 0 Å². The van der Waals surface area contributed by atoms with Crippen molar-refractivity contribution in [2.24, 2.45) is 5.92 Å². The summed E-state index contributed by atoms with van der Waals surface area (Å²) in [6.07, 6.45) is 5.07. The van der Waals surface area contributed by atoms with E-state index in [1.807, 2.05) is 6.07 Å². The predicted octanol–water partition coefficient (Wildman–Crippen LogP) is 4.86. The van der Waals surface area contributed by atoms with E-state index in [9.17, 15) is 4.39 Å². The van der Waals surface area contributed by atoms with Crippen LogP contribution in [0.5, 0.6) is 0 Å². The molecule has 1 aromatic rings. The van der Waals surface area contributed by atoms with Gasteiger partial charge < -0.3 is 4.74 Å². The summed E-state index contributed by atoms with van der Waals surface area (Å²) in [5.41, 5.74) is 0.921. The Morgan fingerprint density at radius 3 is 2.94 bits per heavy atom. The van der Waals surface area contributed by atoms with Crippen molar-refractivity contribution in [3.05, 3.63) is 35.6 Å². The summed E-state index contributed by atoms with van der Waals surface area (Å²) < 4.78 is 19.4. The number of benzene rings is 1. The van der Waals surface area contributed by atoms with Crippen molar-refractivity contribution in [2.75, 3.05) is 5.33 Å². The molecule has 0 radical (unpaired) electrons. The summed E-state index contributed by atoms with van der Waals surface area (Å²) in [5.74, 6) is 0.547. The van der Waals surface area contributed by atoms with Gasteiger partial charge in [-0.25, -0.2) is 4.39 Å². The van der Waals surface area contributed by atoms with Gasteiger partial charge in [0.25, 0.3) is 0 Å². The van der Waals surface area contributed by atoms with Crippen LogP contribution in [0.4, 0.5) is 4.39 Å². The number of rotatable bonds is 4. The number of hydrogen-bond acceptors (Lipinski definition) is 1. The maximum atomic E-state index is 13.2. The Bertz CT molecular complexity index is 383. The molecule has 0 spiro atoms. The maximum absolute atomic E-state index is 13.2. The van der Waals surface area contributed by atoms with Crippen LogP contribution in [-0.2, 0) is 4.74 Å². The molecule has 1 nitrogen and oxygen atoms in total. The van der Waals surface area contributed by atoms with Crippen LogP contribution in [0.2, 0.25) is 0 Å². The quantitative estimate of drug-likeness (QED) is 0.721. The van der Waals surface area contributed by atoms with Crippen molar-refractivity contribution in [1.82, 2.24) is 0 Å². The predicted molar refractivity (Wildman–Crippen MR) is 75.4 cm³/mol. The Morgan fingerprint density at radius 2 is 2.28 bits per heavy atom. The third-order valence-corrected chi connectivity index (χ3v) is 4.19. The van der Waals surface area contributed by atoms with Gasteiger partial charge in [0, 0.05) is 5.33 Å². The van der Waals surface area contributed by atoms with E-state index in [2.05, 4.69) is 22.9 Å². The normalized spacial score (nSPS) is 25.9. The highest BCUT2D eigenvalue weighted by Gasteiger charge is 2.23. The lowest BCUT2D eigenvalue weighted by Gasteiger charge is -2.30. The number of halogens is 2. The van der Waals surface area contributed by atoms with Crippen molar-refractivity contribution in [2.45, 2.75) is 44.8 Å². The zero-order valence-corrected chi connectivity index (χ0v) is 12.3. The maximum Gasteiger partial charge on any atom is 0.123 e. The average molecular weight is 315 g/mol. The fraction of sp³-hybridized carbons (Fsp3) is 0.600. The lowest BCUT2D eigenvalue weighted by Crippen LogP contribution is -2.24. The van der Waals surface area contributed by atoms with Gasteiger partial charge in [0.05, 0.1) is 12.2 Å². The molecule has 0 saturated heterocycles. The Kier molecular flexibility index (Phi) is 5.19. The lowest BCUT2D eigenvalue weighted by molar-refractivity contribution is -0.0291. The van der Waals surface area contributed by atoms with E-state index in [0.29, 0.717) is 11.4 Å². The van der Waals surface area contributed by atoms with E-state index >= 15 is 0 Å². The zero-order chi connectivity index (χ0) is 13.0. The molecule has 3 atom stereocenters. The second kappa shape index (κ2) is 6.67. The van der Waals surface area contributed by atoms with E-state index in [0.717, 1.165) is 24.3 Å². The summed E-state index contributed by atoms with van der Waals surface area (Å²) >= 11 is 3.47. The molecule has 0 bridgehead atoms. The highest BCUT2D eigenvalue weighted by molar-refractivity contribution is 9.09. The largest absolute Gasteiger partial charge is 0.369 e. The molecule has 1 aliphatic carbocycles. The first-order valence-electron chi connectivity index (χ1n) is 6.66. The molecule has 0 heterocycles. The highest BCUT2D eigenvalue weighted by Crippen LogP contribution is 2.31. The lowest BCUT2D eigenvalue weighted by atomic mass is 9.88. The van der Waals surface area contributed by atoms with E-state index in [1.165, 1.54) is 18.9 Å². The van der Waals surface area contributed by atoms with Crippen LogP contribution in [0.3, 0.4) is 0 Å². The fourth-order valence-corrected chi connectivity index (χ4v) is 3.17. The Labute approximate surface area is 117 Å². The summed E-state index contributed by atoms with van der Waals surface area (Å²) in [6.45, 7) is 2.28. The molecule has 1 aliphatic rings. The first-order chi connectivity index (χ1) is 8.69.